The SMILES string of the molecule is CC(=O)NC(Cc1ccccc1)OC(C)=O. The second-order valence-electron chi connectivity index (χ2n) is 3.49. The first-order valence-electron chi connectivity index (χ1n) is 5.06. The minimum absolute atomic E-state index is 0.220. The van der Waals surface area contributed by atoms with Gasteiger partial charge in [0.25, 0.3) is 0 Å². The molecule has 1 aromatic carbocycles. The van der Waals surface area contributed by atoms with Crippen LogP contribution in [-0.2, 0) is 20.7 Å². The minimum atomic E-state index is -0.600. The maximum absolute atomic E-state index is 10.9. The van der Waals surface area contributed by atoms with Gasteiger partial charge in [-0.15, -0.1) is 0 Å². The Morgan fingerprint density at radius 3 is 2.38 bits per heavy atom. The molecule has 1 rings (SSSR count). The fourth-order valence-electron chi connectivity index (χ4n) is 1.38. The molecular weight excluding hydrogens is 206 g/mol. The number of hydrogen-bond acceptors (Lipinski definition) is 3. The van der Waals surface area contributed by atoms with Crippen molar-refractivity contribution in [3.05, 3.63) is 35.9 Å². The Kier molecular flexibility index (Phi) is 4.51. The standard InChI is InChI=1S/C12H15NO3/c1-9(14)13-12(16-10(2)15)8-11-6-4-3-5-7-11/h3-7,12H,8H2,1-2H3,(H,13,14). The highest BCUT2D eigenvalue weighted by Gasteiger charge is 2.13. The number of nitrogens with one attached hydrogen (secondary N) is 1. The van der Waals surface area contributed by atoms with Crippen LogP contribution in [-0.4, -0.2) is 18.1 Å². The van der Waals surface area contributed by atoms with Crippen molar-refractivity contribution in [1.29, 1.82) is 0 Å². The zero-order valence-corrected chi connectivity index (χ0v) is 9.40. The van der Waals surface area contributed by atoms with Crippen LogP contribution in [0.5, 0.6) is 0 Å². The number of carbonyl (C=O) groups is 2. The summed E-state index contributed by atoms with van der Waals surface area (Å²) < 4.78 is 4.99. The van der Waals surface area contributed by atoms with Gasteiger partial charge in [0.1, 0.15) is 0 Å². The largest absolute Gasteiger partial charge is 0.442 e. The molecule has 1 N–H and O–H groups in total. The van der Waals surface area contributed by atoms with E-state index in [1.54, 1.807) is 0 Å². The van der Waals surface area contributed by atoms with E-state index in [1.165, 1.54) is 13.8 Å². The molecule has 1 atom stereocenters. The van der Waals surface area contributed by atoms with Gasteiger partial charge in [0.05, 0.1) is 0 Å². The molecule has 0 saturated carbocycles. The number of hydrogen-bond donors (Lipinski definition) is 1. The van der Waals surface area contributed by atoms with Gasteiger partial charge in [-0.1, -0.05) is 30.3 Å². The third-order valence-corrected chi connectivity index (χ3v) is 1.94. The predicted molar refractivity (Wildman–Crippen MR) is 59.5 cm³/mol. The van der Waals surface area contributed by atoms with Crippen LogP contribution in [0.25, 0.3) is 0 Å². The van der Waals surface area contributed by atoms with Crippen molar-refractivity contribution in [2.75, 3.05) is 0 Å². The monoisotopic (exact) mass is 221 g/mol. The molecule has 0 saturated heterocycles. The van der Waals surface area contributed by atoms with E-state index in [1.807, 2.05) is 30.3 Å². The van der Waals surface area contributed by atoms with Crippen molar-refractivity contribution in [3.8, 4) is 0 Å². The second-order valence-corrected chi connectivity index (χ2v) is 3.49. The van der Waals surface area contributed by atoms with Crippen molar-refractivity contribution in [3.63, 3.8) is 0 Å². The van der Waals surface area contributed by atoms with Gasteiger partial charge in [-0.3, -0.25) is 9.59 Å². The highest BCUT2D eigenvalue weighted by atomic mass is 16.6. The average Bonchev–Trinajstić information content (AvgIpc) is 2.16. The van der Waals surface area contributed by atoms with Crippen LogP contribution >= 0.6 is 0 Å². The third-order valence-electron chi connectivity index (χ3n) is 1.94. The fourth-order valence-corrected chi connectivity index (χ4v) is 1.38. The number of benzene rings is 1. The summed E-state index contributed by atoms with van der Waals surface area (Å²) in [4.78, 5) is 21.8. The lowest BCUT2D eigenvalue weighted by Gasteiger charge is -2.17. The molecule has 86 valence electrons. The molecule has 4 heteroatoms. The summed E-state index contributed by atoms with van der Waals surface area (Å²) in [7, 11) is 0. The molecule has 1 amide bonds. The Hall–Kier alpha value is -1.84. The normalized spacial score (nSPS) is 11.6. The Labute approximate surface area is 94.6 Å². The van der Waals surface area contributed by atoms with E-state index in [-0.39, 0.29) is 5.91 Å². The molecule has 0 radical (unpaired) electrons. The van der Waals surface area contributed by atoms with Crippen LogP contribution in [0.4, 0.5) is 0 Å². The van der Waals surface area contributed by atoms with E-state index in [0.717, 1.165) is 5.56 Å². The first-order chi connectivity index (χ1) is 7.58. The van der Waals surface area contributed by atoms with Crippen LogP contribution < -0.4 is 5.32 Å². The quantitative estimate of drug-likeness (QED) is 0.615. The van der Waals surface area contributed by atoms with Crippen molar-refractivity contribution < 1.29 is 14.3 Å². The van der Waals surface area contributed by atoms with E-state index in [2.05, 4.69) is 5.32 Å². The average molecular weight is 221 g/mol. The first-order valence-corrected chi connectivity index (χ1v) is 5.06. The summed E-state index contributed by atoms with van der Waals surface area (Å²) in [5, 5.41) is 2.58. The highest BCUT2D eigenvalue weighted by Crippen LogP contribution is 2.04. The lowest BCUT2D eigenvalue weighted by atomic mass is 10.1. The van der Waals surface area contributed by atoms with Crippen molar-refractivity contribution in [2.45, 2.75) is 26.5 Å². The molecule has 0 aromatic heterocycles. The van der Waals surface area contributed by atoms with Crippen LogP contribution in [0.3, 0.4) is 0 Å². The fraction of sp³-hybridized carbons (Fsp3) is 0.333. The lowest BCUT2D eigenvalue weighted by molar-refractivity contribution is -0.149. The smallest absolute Gasteiger partial charge is 0.304 e. The van der Waals surface area contributed by atoms with Gasteiger partial charge in [-0.25, -0.2) is 0 Å². The maximum atomic E-state index is 10.9. The molecule has 4 nitrogen and oxygen atoms in total. The van der Waals surface area contributed by atoms with E-state index in [9.17, 15) is 9.59 Å². The Balaban J connectivity index is 2.63. The summed E-state index contributed by atoms with van der Waals surface area (Å²) in [6.45, 7) is 2.71. The number of amides is 1. The van der Waals surface area contributed by atoms with Crippen LogP contribution in [0, 0.1) is 0 Å². The molecule has 0 heterocycles. The molecule has 0 aliphatic carbocycles. The number of carbonyl (C=O) groups excluding carboxylic acids is 2. The molecule has 1 aromatic rings. The summed E-state index contributed by atoms with van der Waals surface area (Å²) in [6.07, 6.45) is -0.127. The number of ether oxygens (including phenoxy) is 1. The molecular formula is C12H15NO3. The second kappa shape index (κ2) is 5.90. The van der Waals surface area contributed by atoms with Gasteiger partial charge in [0.15, 0.2) is 6.23 Å². The van der Waals surface area contributed by atoms with Gasteiger partial charge < -0.3 is 10.1 Å². The van der Waals surface area contributed by atoms with Gasteiger partial charge in [-0.05, 0) is 5.56 Å². The maximum Gasteiger partial charge on any atom is 0.304 e. The molecule has 0 spiro atoms. The van der Waals surface area contributed by atoms with Crippen LogP contribution in [0.2, 0.25) is 0 Å². The van der Waals surface area contributed by atoms with E-state index in [4.69, 9.17) is 4.74 Å². The van der Waals surface area contributed by atoms with E-state index in [0.29, 0.717) is 6.42 Å². The third kappa shape index (κ3) is 4.59. The Morgan fingerprint density at radius 1 is 1.25 bits per heavy atom. The minimum Gasteiger partial charge on any atom is -0.442 e. The topological polar surface area (TPSA) is 55.4 Å². The Morgan fingerprint density at radius 2 is 1.88 bits per heavy atom. The molecule has 16 heavy (non-hydrogen) atoms. The van der Waals surface area contributed by atoms with E-state index >= 15 is 0 Å². The summed E-state index contributed by atoms with van der Waals surface area (Å²) in [5.74, 6) is -0.628. The number of esters is 1. The van der Waals surface area contributed by atoms with Gasteiger partial charge in [-0.2, -0.15) is 0 Å². The van der Waals surface area contributed by atoms with Crippen LogP contribution in [0.1, 0.15) is 19.4 Å². The van der Waals surface area contributed by atoms with Gasteiger partial charge >= 0.3 is 5.97 Å². The zero-order valence-electron chi connectivity index (χ0n) is 9.40. The molecule has 0 aliphatic rings. The van der Waals surface area contributed by atoms with Crippen LogP contribution in [0.15, 0.2) is 30.3 Å². The molecule has 0 aliphatic heterocycles. The van der Waals surface area contributed by atoms with Crippen molar-refractivity contribution >= 4 is 11.9 Å². The summed E-state index contributed by atoms with van der Waals surface area (Å²) in [5.41, 5.74) is 1.00. The summed E-state index contributed by atoms with van der Waals surface area (Å²) in [6, 6.07) is 9.53. The van der Waals surface area contributed by atoms with Gasteiger partial charge in [0, 0.05) is 20.3 Å². The zero-order chi connectivity index (χ0) is 12.0. The number of rotatable bonds is 4. The van der Waals surface area contributed by atoms with Gasteiger partial charge in [0.2, 0.25) is 5.91 Å². The molecule has 0 bridgehead atoms. The first kappa shape index (κ1) is 12.2. The molecule has 0 fully saturated rings. The van der Waals surface area contributed by atoms with E-state index < -0.39 is 12.2 Å². The van der Waals surface area contributed by atoms with Crippen molar-refractivity contribution in [2.24, 2.45) is 0 Å². The predicted octanol–water partition coefficient (Wildman–Crippen LogP) is 1.25. The van der Waals surface area contributed by atoms with Crippen molar-refractivity contribution in [1.82, 2.24) is 5.32 Å². The molecule has 1 unspecified atom stereocenters. The highest BCUT2D eigenvalue weighted by molar-refractivity contribution is 5.73. The Bertz CT molecular complexity index is 346. The summed E-state index contributed by atoms with van der Waals surface area (Å²) >= 11 is 0. The lowest BCUT2D eigenvalue weighted by Crippen LogP contribution is -2.38.